The van der Waals surface area contributed by atoms with Gasteiger partial charge in [-0.05, 0) is 12.1 Å². The summed E-state index contributed by atoms with van der Waals surface area (Å²) in [4.78, 5) is 35.7. The number of hydrogen-bond donors (Lipinski definition) is 0. The molecule has 3 heterocycles. The van der Waals surface area contributed by atoms with Crippen LogP contribution in [0, 0.1) is 22.0 Å². The van der Waals surface area contributed by atoms with Crippen LogP contribution < -0.4 is 10.0 Å². The van der Waals surface area contributed by atoms with Crippen molar-refractivity contribution in [1.82, 2.24) is 0 Å². The molecule has 3 aliphatic rings. The largest absolute Gasteiger partial charge is 0.550 e. The first-order chi connectivity index (χ1) is 10.9. The molecule has 1 aromatic carbocycles. The lowest BCUT2D eigenvalue weighted by molar-refractivity contribution is -0.384. The Balaban J connectivity index is 1.69. The van der Waals surface area contributed by atoms with Crippen molar-refractivity contribution in [3.63, 3.8) is 0 Å². The molecule has 2 fully saturated rings. The normalized spacial score (nSPS) is 34.0. The van der Waals surface area contributed by atoms with Crippen molar-refractivity contribution >= 4 is 23.3 Å². The van der Waals surface area contributed by atoms with Crippen LogP contribution in [0.4, 0.5) is 11.4 Å². The summed E-state index contributed by atoms with van der Waals surface area (Å²) in [6, 6.07) is 5.55. The maximum Gasteiger partial charge on any atom is 0.269 e. The van der Waals surface area contributed by atoms with E-state index in [9.17, 15) is 24.8 Å². The molecule has 1 amide bonds. The summed E-state index contributed by atoms with van der Waals surface area (Å²) < 4.78 is 5.74. The molecule has 2 bridgehead atoms. The zero-order valence-electron chi connectivity index (χ0n) is 11.7. The topological polar surface area (TPSA) is 113 Å². The summed E-state index contributed by atoms with van der Waals surface area (Å²) in [6.45, 7) is 0.186. The number of benzene rings is 1. The number of carbonyl (C=O) groups excluding carboxylic acids is 2. The van der Waals surface area contributed by atoms with Crippen LogP contribution in [-0.4, -0.2) is 35.0 Å². The molecule has 118 valence electrons. The van der Waals surface area contributed by atoms with Crippen LogP contribution in [0.15, 0.2) is 36.4 Å². The van der Waals surface area contributed by atoms with E-state index in [0.29, 0.717) is 5.69 Å². The third kappa shape index (κ3) is 1.75. The number of anilines is 1. The maximum atomic E-state index is 12.7. The molecule has 2 saturated heterocycles. The Morgan fingerprint density at radius 2 is 2.04 bits per heavy atom. The summed E-state index contributed by atoms with van der Waals surface area (Å²) in [6.07, 6.45) is 2.77. The van der Waals surface area contributed by atoms with Gasteiger partial charge in [0.15, 0.2) is 0 Å². The molecule has 23 heavy (non-hydrogen) atoms. The Hall–Kier alpha value is -2.74. The number of hydrogen-bond acceptors (Lipinski definition) is 6. The Labute approximate surface area is 130 Å². The van der Waals surface area contributed by atoms with Gasteiger partial charge in [0.1, 0.15) is 5.60 Å². The molecule has 4 rings (SSSR count). The number of aliphatic carboxylic acids is 1. The van der Waals surface area contributed by atoms with Crippen LogP contribution in [-0.2, 0) is 14.3 Å². The highest BCUT2D eigenvalue weighted by Crippen LogP contribution is 2.52. The fraction of sp³-hybridized carbons (Fsp3) is 0.333. The van der Waals surface area contributed by atoms with Gasteiger partial charge in [-0.25, -0.2) is 0 Å². The van der Waals surface area contributed by atoms with Crippen LogP contribution in [0.1, 0.15) is 0 Å². The first kappa shape index (κ1) is 13.9. The molecular formula is C15H11N2O6-. The molecule has 0 radical (unpaired) electrons. The Bertz CT molecular complexity index is 758. The fourth-order valence-corrected chi connectivity index (χ4v) is 3.74. The average molecular weight is 315 g/mol. The third-order valence-corrected chi connectivity index (χ3v) is 4.74. The van der Waals surface area contributed by atoms with E-state index in [-0.39, 0.29) is 18.1 Å². The summed E-state index contributed by atoms with van der Waals surface area (Å²) in [7, 11) is 0. The van der Waals surface area contributed by atoms with Crippen molar-refractivity contribution in [1.29, 1.82) is 0 Å². The molecule has 0 saturated carbocycles. The van der Waals surface area contributed by atoms with Gasteiger partial charge in [0, 0.05) is 29.7 Å². The second-order valence-electron chi connectivity index (χ2n) is 5.92. The number of non-ortho nitro benzene ring substituents is 1. The molecule has 8 heteroatoms. The van der Waals surface area contributed by atoms with E-state index in [1.807, 2.05) is 0 Å². The Kier molecular flexibility index (Phi) is 2.65. The Morgan fingerprint density at radius 3 is 2.65 bits per heavy atom. The van der Waals surface area contributed by atoms with Gasteiger partial charge >= 0.3 is 0 Å². The summed E-state index contributed by atoms with van der Waals surface area (Å²) in [5.74, 6) is -3.49. The van der Waals surface area contributed by atoms with Crippen LogP contribution in [0.5, 0.6) is 0 Å². The number of ether oxygens (including phenoxy) is 1. The lowest BCUT2D eigenvalue weighted by Crippen LogP contribution is -2.45. The van der Waals surface area contributed by atoms with Crippen LogP contribution in [0.2, 0.25) is 0 Å². The van der Waals surface area contributed by atoms with Crippen molar-refractivity contribution in [3.05, 3.63) is 46.5 Å². The number of carboxylic acids is 1. The number of nitrogens with zero attached hydrogens (tertiary/aromatic N) is 2. The molecule has 0 N–H and O–H groups in total. The Morgan fingerprint density at radius 1 is 1.35 bits per heavy atom. The van der Waals surface area contributed by atoms with Crippen LogP contribution in [0.3, 0.4) is 0 Å². The van der Waals surface area contributed by atoms with Gasteiger partial charge in [0.05, 0.1) is 23.5 Å². The minimum absolute atomic E-state index is 0.0801. The van der Waals surface area contributed by atoms with E-state index in [4.69, 9.17) is 4.74 Å². The van der Waals surface area contributed by atoms with Gasteiger partial charge in [-0.3, -0.25) is 14.9 Å². The predicted molar refractivity (Wildman–Crippen MR) is 74.2 cm³/mol. The van der Waals surface area contributed by atoms with Crippen molar-refractivity contribution in [2.75, 3.05) is 11.4 Å². The monoisotopic (exact) mass is 315 g/mol. The van der Waals surface area contributed by atoms with Crippen molar-refractivity contribution in [2.45, 2.75) is 11.7 Å². The smallest absolute Gasteiger partial charge is 0.269 e. The zero-order chi connectivity index (χ0) is 16.4. The zero-order valence-corrected chi connectivity index (χ0v) is 11.7. The lowest BCUT2D eigenvalue weighted by Gasteiger charge is -2.24. The predicted octanol–water partition coefficient (Wildman–Crippen LogP) is -0.369. The van der Waals surface area contributed by atoms with Gasteiger partial charge in [-0.1, -0.05) is 12.2 Å². The van der Waals surface area contributed by atoms with E-state index in [2.05, 4.69) is 0 Å². The number of nitro groups is 1. The van der Waals surface area contributed by atoms with Gasteiger partial charge in [-0.2, -0.15) is 0 Å². The number of rotatable bonds is 3. The number of carboxylic acid groups (broad SMARTS) is 1. The highest BCUT2D eigenvalue weighted by Gasteiger charge is 2.65. The SMILES string of the molecule is O=C([O-])[C@H]1[C@H]2C=C[C@]3(CN(c4ccc([N+](=O)[O-])cc4)C(=O)[C@@H]13)O2. The molecule has 0 aliphatic carbocycles. The van der Waals surface area contributed by atoms with Crippen LogP contribution >= 0.6 is 0 Å². The van der Waals surface area contributed by atoms with Gasteiger partial charge in [-0.15, -0.1) is 0 Å². The van der Waals surface area contributed by atoms with E-state index in [1.54, 1.807) is 12.2 Å². The third-order valence-electron chi connectivity index (χ3n) is 4.74. The second kappa shape index (κ2) is 4.39. The van der Waals surface area contributed by atoms with Crippen molar-refractivity contribution in [2.24, 2.45) is 11.8 Å². The first-order valence-electron chi connectivity index (χ1n) is 7.07. The number of carbonyl (C=O) groups is 2. The van der Waals surface area contributed by atoms with Gasteiger partial charge in [0.2, 0.25) is 5.91 Å². The lowest BCUT2D eigenvalue weighted by atomic mass is 9.77. The molecular weight excluding hydrogens is 304 g/mol. The molecule has 0 aromatic heterocycles. The summed E-state index contributed by atoms with van der Waals surface area (Å²) in [5.41, 5.74) is -0.556. The number of nitro benzene ring substituents is 1. The molecule has 1 aromatic rings. The van der Waals surface area contributed by atoms with E-state index in [0.717, 1.165) is 0 Å². The number of fused-ring (bicyclic) bond motifs is 1. The molecule has 4 atom stereocenters. The number of amides is 1. The quantitative estimate of drug-likeness (QED) is 0.427. The van der Waals surface area contributed by atoms with E-state index in [1.165, 1.54) is 29.2 Å². The maximum absolute atomic E-state index is 12.7. The fourth-order valence-electron chi connectivity index (χ4n) is 3.74. The van der Waals surface area contributed by atoms with Gasteiger partial charge in [0.25, 0.3) is 5.69 Å². The highest BCUT2D eigenvalue weighted by molar-refractivity contribution is 6.02. The molecule has 3 aliphatic heterocycles. The van der Waals surface area contributed by atoms with Crippen molar-refractivity contribution < 1.29 is 24.4 Å². The van der Waals surface area contributed by atoms with Crippen LogP contribution in [0.25, 0.3) is 0 Å². The van der Waals surface area contributed by atoms with E-state index >= 15 is 0 Å². The molecule has 0 unspecified atom stereocenters. The average Bonchev–Trinajstić information content (AvgIpc) is 3.15. The minimum atomic E-state index is -1.30. The standard InChI is InChI=1S/C15H12N2O6/c18-13-12-11(14(19)20)10-5-6-15(12,23-10)7-16(13)8-1-3-9(4-2-8)17(21)22/h1-6,10-12H,7H2,(H,19,20)/p-1/t10-,11+,12-,15-/m1/s1. The van der Waals surface area contributed by atoms with Gasteiger partial charge < -0.3 is 19.5 Å². The summed E-state index contributed by atoms with van der Waals surface area (Å²) >= 11 is 0. The summed E-state index contributed by atoms with van der Waals surface area (Å²) in [5, 5.41) is 22.1. The first-order valence-corrected chi connectivity index (χ1v) is 7.07. The van der Waals surface area contributed by atoms with E-state index < -0.39 is 34.4 Å². The molecule has 1 spiro atoms. The minimum Gasteiger partial charge on any atom is -0.550 e. The molecule has 8 nitrogen and oxygen atoms in total. The second-order valence-corrected chi connectivity index (χ2v) is 5.92. The highest BCUT2D eigenvalue weighted by atomic mass is 16.6. The van der Waals surface area contributed by atoms with Crippen molar-refractivity contribution in [3.8, 4) is 0 Å².